The Hall–Kier alpha value is -4.30. The first-order chi connectivity index (χ1) is 27.7. The molecule has 12 nitrogen and oxygen atoms in total. The molecule has 4 heterocycles. The van der Waals surface area contributed by atoms with E-state index in [1.165, 1.54) is 23.3 Å². The maximum Gasteiger partial charge on any atom is 0.372 e. The SMILES string of the molecule is CC[C@@]1(/C(O)=[NH+]/SC2(C)CC2)CC/C=C\CCCCC[C@H](NC(=O)c2ccc(C)s2)C(=O)N2C[C@H](Oc3cc(OC(C)C)nc4c(C)c(OC)ccc34)C[C@H]2C(=O)N1. The second kappa shape index (κ2) is 18.7. The summed E-state index contributed by atoms with van der Waals surface area (Å²) in [6.07, 6.45) is 11.2. The van der Waals surface area contributed by atoms with Gasteiger partial charge >= 0.3 is 5.90 Å². The highest BCUT2D eigenvalue weighted by atomic mass is 32.2. The topological polar surface area (TPSA) is 153 Å². The van der Waals surface area contributed by atoms with E-state index in [0.717, 1.165) is 54.4 Å². The maximum absolute atomic E-state index is 14.9. The molecule has 14 heteroatoms. The maximum atomic E-state index is 14.9. The number of fused-ring (bicyclic) bond motifs is 2. The standard InChI is InChI=1S/C44H59N5O7S2/c1-8-44(42(53)48-58-43(6)22-23-43)21-15-13-11-9-10-12-14-16-32(45-40(51)36-20-17-28(4)57-36)41(52)49-26-30(24-33(49)39(50)47-44)56-35-25-37(55-27(2)3)46-38-29(5)34(54-7)19-18-31(35)38/h11,13,17-20,25,27,30,32-33H,8-10,12,14-16,21-24,26H2,1-7H3,(H,45,51)(H,47,50)(H,48,53)/p+1/b13-11-/t30-,32+,33+,44+/m1/s1. The van der Waals surface area contributed by atoms with Crippen molar-refractivity contribution in [1.82, 2.24) is 20.5 Å². The zero-order valence-corrected chi connectivity index (χ0v) is 36.6. The van der Waals surface area contributed by atoms with Crippen LogP contribution in [0.15, 0.2) is 42.5 Å². The van der Waals surface area contributed by atoms with Gasteiger partial charge < -0.3 is 34.9 Å². The summed E-state index contributed by atoms with van der Waals surface area (Å²) in [5.41, 5.74) is 0.387. The highest BCUT2D eigenvalue weighted by Gasteiger charge is 2.49. The summed E-state index contributed by atoms with van der Waals surface area (Å²) in [6, 6.07) is 7.38. The summed E-state index contributed by atoms with van der Waals surface area (Å²) < 4.78 is 21.7. The number of allylic oxidation sites excluding steroid dienone is 2. The molecule has 0 spiro atoms. The van der Waals surface area contributed by atoms with Crippen LogP contribution in [-0.2, 0) is 9.59 Å². The van der Waals surface area contributed by atoms with E-state index in [-0.39, 0.29) is 41.5 Å². The van der Waals surface area contributed by atoms with Gasteiger partial charge in [-0.25, -0.2) is 4.98 Å². The fourth-order valence-electron chi connectivity index (χ4n) is 7.67. The van der Waals surface area contributed by atoms with Crippen molar-refractivity contribution in [2.45, 2.75) is 147 Å². The Kier molecular flexibility index (Phi) is 14.0. The van der Waals surface area contributed by atoms with Crippen molar-refractivity contribution in [3.8, 4) is 17.4 Å². The molecule has 2 fully saturated rings. The third kappa shape index (κ3) is 10.3. The number of hydrogen-bond acceptors (Lipinski definition) is 9. The summed E-state index contributed by atoms with van der Waals surface area (Å²) in [7, 11) is 1.61. The van der Waals surface area contributed by atoms with E-state index in [2.05, 4.69) is 34.1 Å². The van der Waals surface area contributed by atoms with Crippen LogP contribution in [0.5, 0.6) is 17.4 Å². The van der Waals surface area contributed by atoms with Crippen molar-refractivity contribution >= 4 is 57.8 Å². The van der Waals surface area contributed by atoms with Crippen LogP contribution in [0.1, 0.15) is 118 Å². The largest absolute Gasteiger partial charge is 0.496 e. The highest BCUT2D eigenvalue weighted by molar-refractivity contribution is 7.94. The van der Waals surface area contributed by atoms with Gasteiger partial charge in [-0.2, -0.15) is 0 Å². The first-order valence-electron chi connectivity index (χ1n) is 20.7. The molecule has 3 aliphatic rings. The predicted octanol–water partition coefficient (Wildman–Crippen LogP) is 6.66. The van der Waals surface area contributed by atoms with Gasteiger partial charge in [0.15, 0.2) is 17.5 Å². The molecule has 3 amide bonds. The van der Waals surface area contributed by atoms with Crippen molar-refractivity contribution in [3.05, 3.63) is 57.8 Å². The molecular formula is C44H60N5O7S2+. The molecule has 3 aromatic rings. The fraction of sp³-hybridized carbons (Fsp3) is 0.568. The van der Waals surface area contributed by atoms with Gasteiger partial charge in [0.1, 0.15) is 29.7 Å². The second-order valence-electron chi connectivity index (χ2n) is 16.4. The Balaban J connectivity index is 1.37. The monoisotopic (exact) mass is 834 g/mol. The molecule has 0 unspecified atom stereocenters. The van der Waals surface area contributed by atoms with Crippen LogP contribution in [0.3, 0.4) is 0 Å². The number of aliphatic hydroxyl groups is 1. The van der Waals surface area contributed by atoms with E-state index < -0.39 is 29.6 Å². The Morgan fingerprint density at radius 1 is 1.10 bits per heavy atom. The number of hydrogen-bond donors (Lipinski definition) is 4. The molecule has 2 aromatic heterocycles. The number of pyridine rings is 1. The van der Waals surface area contributed by atoms with E-state index in [1.807, 2.05) is 52.8 Å². The lowest BCUT2D eigenvalue weighted by atomic mass is 9.89. The number of thiophene rings is 1. The number of aryl methyl sites for hydroxylation is 2. The third-order valence-corrected chi connectivity index (χ3v) is 13.6. The number of aliphatic hydroxyl groups excluding tert-OH is 1. The molecule has 2 aliphatic heterocycles. The number of amides is 3. The Morgan fingerprint density at radius 3 is 2.57 bits per heavy atom. The number of rotatable bonds is 11. The number of carbonyl (C=O) groups is 3. The lowest BCUT2D eigenvalue weighted by Gasteiger charge is -2.33. The summed E-state index contributed by atoms with van der Waals surface area (Å²) in [5, 5.41) is 18.8. The highest BCUT2D eigenvalue weighted by Crippen LogP contribution is 2.44. The quantitative estimate of drug-likeness (QED) is 0.0720. The van der Waals surface area contributed by atoms with E-state index >= 15 is 0 Å². The van der Waals surface area contributed by atoms with Gasteiger partial charge in [-0.15, -0.1) is 15.7 Å². The minimum Gasteiger partial charge on any atom is -0.496 e. The molecule has 1 saturated heterocycles. The van der Waals surface area contributed by atoms with Crippen molar-refractivity contribution < 1.29 is 38.1 Å². The number of benzene rings is 1. The first-order valence-corrected chi connectivity index (χ1v) is 22.3. The van der Waals surface area contributed by atoms with E-state index in [0.29, 0.717) is 53.5 Å². The minimum absolute atomic E-state index is 0.00258. The Labute approximate surface area is 350 Å². The fourth-order valence-corrected chi connectivity index (χ4v) is 9.28. The van der Waals surface area contributed by atoms with Gasteiger partial charge in [-0.3, -0.25) is 14.4 Å². The molecule has 1 aliphatic carbocycles. The molecule has 6 rings (SSSR count). The van der Waals surface area contributed by atoms with Crippen LogP contribution >= 0.6 is 23.3 Å². The Bertz CT molecular complexity index is 2030. The molecule has 314 valence electrons. The molecule has 0 radical (unpaired) electrons. The summed E-state index contributed by atoms with van der Waals surface area (Å²) in [5.74, 6) is 0.532. The summed E-state index contributed by atoms with van der Waals surface area (Å²) in [4.78, 5) is 51.2. The van der Waals surface area contributed by atoms with Crippen LogP contribution in [0.4, 0.5) is 0 Å². The molecule has 4 N–H and O–H groups in total. The number of nitrogens with one attached hydrogen (secondary N) is 3. The minimum atomic E-state index is -1.10. The van der Waals surface area contributed by atoms with Gasteiger partial charge in [-0.1, -0.05) is 31.9 Å². The summed E-state index contributed by atoms with van der Waals surface area (Å²) in [6.45, 7) is 11.9. The Morgan fingerprint density at radius 2 is 1.88 bits per heavy atom. The first kappa shape index (κ1) is 43.3. The van der Waals surface area contributed by atoms with Crippen molar-refractivity contribution in [2.24, 2.45) is 0 Å². The van der Waals surface area contributed by atoms with E-state index in [1.54, 1.807) is 24.1 Å². The lowest BCUT2D eigenvalue weighted by molar-refractivity contribution is -0.268. The van der Waals surface area contributed by atoms with Crippen LogP contribution in [-0.4, -0.2) is 86.8 Å². The second-order valence-corrected chi connectivity index (χ2v) is 19.1. The number of ether oxygens (including phenoxy) is 3. The van der Waals surface area contributed by atoms with Gasteiger partial charge in [0.25, 0.3) is 5.91 Å². The molecule has 4 atom stereocenters. The van der Waals surface area contributed by atoms with Crippen LogP contribution in [0.25, 0.3) is 10.9 Å². The average Bonchev–Trinajstić information content (AvgIpc) is 3.53. The zero-order chi connectivity index (χ0) is 41.6. The van der Waals surface area contributed by atoms with Crippen molar-refractivity contribution in [3.63, 3.8) is 0 Å². The number of aromatic nitrogens is 1. The lowest BCUT2D eigenvalue weighted by Crippen LogP contribution is -2.75. The average molecular weight is 835 g/mol. The molecule has 58 heavy (non-hydrogen) atoms. The number of nitrogens with zero attached hydrogens (tertiary/aromatic N) is 2. The predicted molar refractivity (Wildman–Crippen MR) is 230 cm³/mol. The van der Waals surface area contributed by atoms with Gasteiger partial charge in [0, 0.05) is 28.3 Å². The molecule has 0 bridgehead atoms. The van der Waals surface area contributed by atoms with Crippen molar-refractivity contribution in [1.29, 1.82) is 0 Å². The number of carbonyl (C=O) groups excluding carboxylic acids is 3. The summed E-state index contributed by atoms with van der Waals surface area (Å²) >= 11 is 2.86. The third-order valence-electron chi connectivity index (χ3n) is 11.4. The normalized spacial score (nSPS) is 24.9. The van der Waals surface area contributed by atoms with Crippen LogP contribution < -0.4 is 29.2 Å². The molecule has 1 aromatic carbocycles. The van der Waals surface area contributed by atoms with E-state index in [9.17, 15) is 19.5 Å². The van der Waals surface area contributed by atoms with Crippen molar-refractivity contribution in [2.75, 3.05) is 13.7 Å². The van der Waals surface area contributed by atoms with Gasteiger partial charge in [0.05, 0.1) is 34.9 Å². The van der Waals surface area contributed by atoms with Crippen LogP contribution in [0.2, 0.25) is 0 Å². The molecular weight excluding hydrogens is 775 g/mol. The smallest absolute Gasteiger partial charge is 0.372 e. The van der Waals surface area contributed by atoms with Gasteiger partial charge in [0.2, 0.25) is 17.7 Å². The van der Waals surface area contributed by atoms with E-state index in [4.69, 9.17) is 19.2 Å². The van der Waals surface area contributed by atoms with Gasteiger partial charge in [-0.05, 0) is 110 Å². The molecule has 1 saturated carbocycles. The number of methoxy groups -OCH3 is 1. The zero-order valence-electron chi connectivity index (χ0n) is 34.9. The van der Waals surface area contributed by atoms with Crippen LogP contribution in [0, 0.1) is 13.8 Å².